The first-order valence-electron chi connectivity index (χ1n) is 14.7. The third kappa shape index (κ3) is 10.4. The van der Waals surface area contributed by atoms with Gasteiger partial charge in [-0.2, -0.15) is 0 Å². The van der Waals surface area contributed by atoms with E-state index < -0.39 is 21.6 Å². The lowest BCUT2D eigenvalue weighted by molar-refractivity contribution is -0.142. The van der Waals surface area contributed by atoms with Gasteiger partial charge < -0.3 is 15.0 Å². The number of ether oxygens (including phenoxy) is 1. The average Bonchev–Trinajstić information content (AvgIpc) is 2.93. The van der Waals surface area contributed by atoms with Crippen LogP contribution in [0.15, 0.2) is 78.9 Å². The minimum absolute atomic E-state index is 0.0724. The van der Waals surface area contributed by atoms with E-state index in [1.54, 1.807) is 29.2 Å². The quantitative estimate of drug-likeness (QED) is 0.261. The smallest absolute Gasteiger partial charge is 0.243 e. The van der Waals surface area contributed by atoms with E-state index in [-0.39, 0.29) is 37.7 Å². The molecule has 43 heavy (non-hydrogen) atoms. The van der Waals surface area contributed by atoms with Crippen LogP contribution in [0.3, 0.4) is 0 Å². The standard InChI is InChI=1S/C34H45N3O5S/c1-7-42-30-21-19-29(20-22-30)37(43(6,40)41)23-13-18-32(38)36(25-28-17-12-11-14-26(28)2)31(33(39)35-34(3,4)5)24-27-15-9-8-10-16-27/h8-12,14-17,19-22,31H,7,13,18,23-25H2,1-6H3,(H,35,39)/t31-/m1/s1. The molecular formula is C34H45N3O5S. The normalized spacial score (nSPS) is 12.3. The SMILES string of the molecule is CCOc1ccc(N(CCCC(=O)N(Cc2ccccc2C)[C@H](Cc2ccccc2)C(=O)NC(C)(C)C)S(C)(=O)=O)cc1. The first-order valence-corrected chi connectivity index (χ1v) is 16.5. The number of aryl methyl sites for hydroxylation is 1. The Hall–Kier alpha value is -3.85. The minimum Gasteiger partial charge on any atom is -0.494 e. The topological polar surface area (TPSA) is 96.0 Å². The summed E-state index contributed by atoms with van der Waals surface area (Å²) in [6, 6.07) is 23.6. The lowest BCUT2D eigenvalue weighted by atomic mass is 9.99. The molecule has 2 amide bonds. The maximum Gasteiger partial charge on any atom is 0.243 e. The number of amides is 2. The largest absolute Gasteiger partial charge is 0.494 e. The summed E-state index contributed by atoms with van der Waals surface area (Å²) in [7, 11) is -3.60. The highest BCUT2D eigenvalue weighted by Crippen LogP contribution is 2.23. The Morgan fingerprint density at radius 3 is 2.14 bits per heavy atom. The summed E-state index contributed by atoms with van der Waals surface area (Å²) in [5.41, 5.74) is 2.93. The molecule has 3 rings (SSSR count). The molecule has 0 spiro atoms. The van der Waals surface area contributed by atoms with Gasteiger partial charge in [-0.05, 0) is 82.0 Å². The fourth-order valence-electron chi connectivity index (χ4n) is 4.86. The highest BCUT2D eigenvalue weighted by Gasteiger charge is 2.32. The van der Waals surface area contributed by atoms with Crippen LogP contribution in [0.25, 0.3) is 0 Å². The molecule has 0 radical (unpaired) electrons. The second-order valence-electron chi connectivity index (χ2n) is 11.8. The third-order valence-electron chi connectivity index (χ3n) is 6.96. The summed E-state index contributed by atoms with van der Waals surface area (Å²) in [6.45, 7) is 10.5. The van der Waals surface area contributed by atoms with Gasteiger partial charge in [-0.3, -0.25) is 13.9 Å². The number of hydrogen-bond donors (Lipinski definition) is 1. The number of carbonyl (C=O) groups excluding carboxylic acids is 2. The summed E-state index contributed by atoms with van der Waals surface area (Å²) in [4.78, 5) is 29.4. The Labute approximate surface area is 257 Å². The Morgan fingerprint density at radius 2 is 1.56 bits per heavy atom. The maximum atomic E-state index is 14.0. The molecule has 3 aromatic carbocycles. The van der Waals surface area contributed by atoms with E-state index in [0.717, 1.165) is 22.9 Å². The van der Waals surface area contributed by atoms with Crippen molar-refractivity contribution in [1.29, 1.82) is 0 Å². The van der Waals surface area contributed by atoms with Crippen LogP contribution < -0.4 is 14.4 Å². The molecule has 0 aliphatic rings. The van der Waals surface area contributed by atoms with Gasteiger partial charge in [0.1, 0.15) is 11.8 Å². The van der Waals surface area contributed by atoms with Gasteiger partial charge >= 0.3 is 0 Å². The van der Waals surface area contributed by atoms with E-state index >= 15 is 0 Å². The molecule has 0 saturated carbocycles. The molecule has 232 valence electrons. The minimum atomic E-state index is -3.60. The molecule has 1 atom stereocenters. The Bertz CT molecular complexity index is 1450. The Morgan fingerprint density at radius 1 is 0.930 bits per heavy atom. The van der Waals surface area contributed by atoms with Gasteiger partial charge in [0, 0.05) is 31.5 Å². The van der Waals surface area contributed by atoms with Crippen molar-refractivity contribution >= 4 is 27.5 Å². The predicted molar refractivity (Wildman–Crippen MR) is 173 cm³/mol. The predicted octanol–water partition coefficient (Wildman–Crippen LogP) is 5.49. The maximum absolute atomic E-state index is 14.0. The summed E-state index contributed by atoms with van der Waals surface area (Å²) in [5, 5.41) is 3.07. The monoisotopic (exact) mass is 607 g/mol. The van der Waals surface area contributed by atoms with Gasteiger partial charge in [0.25, 0.3) is 0 Å². The van der Waals surface area contributed by atoms with Gasteiger partial charge in [0.2, 0.25) is 21.8 Å². The molecule has 0 bridgehead atoms. The molecule has 0 aliphatic carbocycles. The van der Waals surface area contributed by atoms with Crippen molar-refractivity contribution in [2.24, 2.45) is 0 Å². The first kappa shape index (κ1) is 33.6. The number of nitrogens with one attached hydrogen (secondary N) is 1. The van der Waals surface area contributed by atoms with E-state index in [4.69, 9.17) is 4.74 Å². The fourth-order valence-corrected chi connectivity index (χ4v) is 5.82. The van der Waals surface area contributed by atoms with Crippen molar-refractivity contribution in [3.63, 3.8) is 0 Å². The number of anilines is 1. The molecule has 0 saturated heterocycles. The fraction of sp³-hybridized carbons (Fsp3) is 0.412. The van der Waals surface area contributed by atoms with Crippen LogP contribution in [-0.4, -0.2) is 56.1 Å². The van der Waals surface area contributed by atoms with Crippen molar-refractivity contribution in [2.75, 3.05) is 23.7 Å². The lowest BCUT2D eigenvalue weighted by Gasteiger charge is -2.34. The molecule has 1 N–H and O–H groups in total. The van der Waals surface area contributed by atoms with Crippen molar-refractivity contribution in [1.82, 2.24) is 10.2 Å². The van der Waals surface area contributed by atoms with Crippen LogP contribution in [-0.2, 0) is 32.6 Å². The van der Waals surface area contributed by atoms with Gasteiger partial charge in [-0.1, -0.05) is 54.6 Å². The zero-order valence-corrected chi connectivity index (χ0v) is 27.0. The number of hydrogen-bond acceptors (Lipinski definition) is 5. The zero-order valence-electron chi connectivity index (χ0n) is 26.2. The van der Waals surface area contributed by atoms with Gasteiger partial charge in [0.05, 0.1) is 18.6 Å². The van der Waals surface area contributed by atoms with E-state index in [2.05, 4.69) is 5.32 Å². The molecule has 0 fully saturated rings. The van der Waals surface area contributed by atoms with Crippen LogP contribution in [0.2, 0.25) is 0 Å². The van der Waals surface area contributed by atoms with Gasteiger partial charge in [-0.15, -0.1) is 0 Å². The molecular weight excluding hydrogens is 562 g/mol. The highest BCUT2D eigenvalue weighted by molar-refractivity contribution is 7.92. The number of nitrogens with zero attached hydrogens (tertiary/aromatic N) is 2. The molecule has 0 heterocycles. The van der Waals surface area contributed by atoms with Crippen LogP contribution in [0, 0.1) is 6.92 Å². The van der Waals surface area contributed by atoms with Gasteiger partial charge in [0.15, 0.2) is 0 Å². The summed E-state index contributed by atoms with van der Waals surface area (Å²) < 4.78 is 32.2. The summed E-state index contributed by atoms with van der Waals surface area (Å²) in [6.07, 6.45) is 1.86. The molecule has 3 aromatic rings. The molecule has 9 heteroatoms. The van der Waals surface area contributed by atoms with Gasteiger partial charge in [-0.25, -0.2) is 8.42 Å². The highest BCUT2D eigenvalue weighted by atomic mass is 32.2. The van der Waals surface area contributed by atoms with Crippen LogP contribution >= 0.6 is 0 Å². The number of rotatable bonds is 14. The number of benzene rings is 3. The summed E-state index contributed by atoms with van der Waals surface area (Å²) >= 11 is 0. The third-order valence-corrected chi connectivity index (χ3v) is 8.15. The van der Waals surface area contributed by atoms with Crippen molar-refractivity contribution in [2.45, 2.75) is 72.0 Å². The van der Waals surface area contributed by atoms with E-state index in [1.165, 1.54) is 4.31 Å². The molecule has 8 nitrogen and oxygen atoms in total. The Kier molecular flexibility index (Phi) is 11.8. The van der Waals surface area contributed by atoms with Crippen molar-refractivity contribution in [3.8, 4) is 5.75 Å². The van der Waals surface area contributed by atoms with Crippen molar-refractivity contribution in [3.05, 3.63) is 95.6 Å². The Balaban J connectivity index is 1.89. The van der Waals surface area contributed by atoms with Crippen molar-refractivity contribution < 1.29 is 22.7 Å². The number of carbonyl (C=O) groups is 2. The van der Waals surface area contributed by atoms with E-state index in [1.807, 2.05) is 89.2 Å². The molecule has 0 unspecified atom stereocenters. The second kappa shape index (κ2) is 15.0. The van der Waals surface area contributed by atoms with Crippen LogP contribution in [0.5, 0.6) is 5.75 Å². The lowest BCUT2D eigenvalue weighted by Crippen LogP contribution is -2.54. The first-order chi connectivity index (χ1) is 20.3. The van der Waals surface area contributed by atoms with E-state index in [9.17, 15) is 18.0 Å². The average molecular weight is 608 g/mol. The van der Waals surface area contributed by atoms with Crippen LogP contribution in [0.1, 0.15) is 57.2 Å². The second-order valence-corrected chi connectivity index (χ2v) is 13.7. The molecule has 0 aliphatic heterocycles. The van der Waals surface area contributed by atoms with E-state index in [0.29, 0.717) is 24.5 Å². The summed E-state index contributed by atoms with van der Waals surface area (Å²) in [5.74, 6) is 0.207. The number of sulfonamides is 1. The molecule has 0 aromatic heterocycles. The van der Waals surface area contributed by atoms with Crippen LogP contribution in [0.4, 0.5) is 5.69 Å². The zero-order chi connectivity index (χ0) is 31.6.